The Kier molecular flexibility index (Phi) is 7.73. The third kappa shape index (κ3) is 5.13. The van der Waals surface area contributed by atoms with Crippen molar-refractivity contribution >= 4 is 27.8 Å². The molecule has 1 spiro atoms. The highest BCUT2D eigenvalue weighted by molar-refractivity contribution is 6.06. The minimum Gasteiger partial charge on any atom is -0.310 e. The first kappa shape index (κ1) is 34.9. The number of anilines is 3. The molecule has 2 fully saturated rings. The van der Waals surface area contributed by atoms with Gasteiger partial charge in [-0.05, 0) is 157 Å². The maximum atomic E-state index is 2.52. The van der Waals surface area contributed by atoms with Crippen LogP contribution >= 0.6 is 0 Å². The molecule has 4 aliphatic carbocycles. The predicted molar refractivity (Wildman–Crippen MR) is 254 cm³/mol. The van der Waals surface area contributed by atoms with Gasteiger partial charge >= 0.3 is 0 Å². The highest BCUT2D eigenvalue weighted by Crippen LogP contribution is 2.63. The van der Waals surface area contributed by atoms with E-state index in [0.717, 1.165) is 17.5 Å². The second-order valence-electron chi connectivity index (χ2n) is 17.9. The lowest BCUT2D eigenvalue weighted by Crippen LogP contribution is -2.26. The standard InChI is InChI=1S/C60H45N/c1-2-12-40(13-3-1)48-19-10-14-43-15-11-20-49(59(43)48)41-26-30-45(31-27-41)61(46-32-28-42(29-33-46)54-37-39-24-25-44(54)36-39)47-34-35-53-52-18-6-9-23-57(52)60(58(53)38-47)55-21-7-4-16-50(55)51-17-5-8-22-56(51)60/h1-23,26-35,38-39,44,54H,24-25,36-37H2. The first-order valence-electron chi connectivity index (χ1n) is 22.3. The van der Waals surface area contributed by atoms with E-state index in [9.17, 15) is 0 Å². The third-order valence-electron chi connectivity index (χ3n) is 15.0. The molecule has 0 heterocycles. The average molecular weight is 780 g/mol. The quantitative estimate of drug-likeness (QED) is 0.162. The van der Waals surface area contributed by atoms with Gasteiger partial charge in [0.2, 0.25) is 0 Å². The zero-order valence-corrected chi connectivity index (χ0v) is 34.1. The summed E-state index contributed by atoms with van der Waals surface area (Å²) in [4.78, 5) is 2.50. The van der Waals surface area contributed by atoms with E-state index in [0.29, 0.717) is 5.92 Å². The maximum absolute atomic E-state index is 2.52. The van der Waals surface area contributed by atoms with Crippen molar-refractivity contribution in [2.24, 2.45) is 11.8 Å². The lowest BCUT2D eigenvalue weighted by atomic mass is 9.70. The van der Waals surface area contributed by atoms with Crippen LogP contribution in [0.5, 0.6) is 0 Å². The fourth-order valence-electron chi connectivity index (χ4n) is 12.4. The molecule has 1 nitrogen and oxygen atoms in total. The van der Waals surface area contributed by atoms with Gasteiger partial charge in [-0.15, -0.1) is 0 Å². The first-order valence-corrected chi connectivity index (χ1v) is 22.3. The smallest absolute Gasteiger partial charge is 0.0726 e. The Morgan fingerprint density at radius 3 is 1.46 bits per heavy atom. The molecule has 2 bridgehead atoms. The largest absolute Gasteiger partial charge is 0.310 e. The Bertz CT molecular complexity index is 3090. The summed E-state index contributed by atoms with van der Waals surface area (Å²) in [6.07, 6.45) is 5.59. The molecule has 0 N–H and O–H groups in total. The monoisotopic (exact) mass is 779 g/mol. The first-order chi connectivity index (χ1) is 30.2. The van der Waals surface area contributed by atoms with Gasteiger partial charge in [0.25, 0.3) is 0 Å². The van der Waals surface area contributed by atoms with Crippen LogP contribution in [0.15, 0.2) is 206 Å². The van der Waals surface area contributed by atoms with E-state index in [1.165, 1.54) is 120 Å². The molecule has 2 saturated carbocycles. The average Bonchev–Trinajstić information content (AvgIpc) is 4.11. The summed E-state index contributed by atoms with van der Waals surface area (Å²) in [6.45, 7) is 0. The van der Waals surface area contributed by atoms with Crippen LogP contribution in [0.25, 0.3) is 55.3 Å². The van der Waals surface area contributed by atoms with Crippen molar-refractivity contribution in [3.63, 3.8) is 0 Å². The fraction of sp³-hybridized carbons (Fsp3) is 0.133. The van der Waals surface area contributed by atoms with Crippen molar-refractivity contribution in [3.8, 4) is 44.5 Å². The molecule has 0 amide bonds. The summed E-state index contributed by atoms with van der Waals surface area (Å²) < 4.78 is 0. The number of hydrogen-bond acceptors (Lipinski definition) is 1. The van der Waals surface area contributed by atoms with Gasteiger partial charge in [-0.2, -0.15) is 0 Å². The van der Waals surface area contributed by atoms with Crippen LogP contribution in [0.1, 0.15) is 59.4 Å². The van der Waals surface area contributed by atoms with Crippen molar-refractivity contribution in [1.82, 2.24) is 0 Å². The molecule has 290 valence electrons. The summed E-state index contributed by atoms with van der Waals surface area (Å²) in [5.41, 5.74) is 20.4. The van der Waals surface area contributed by atoms with Crippen LogP contribution in [0.2, 0.25) is 0 Å². The molecule has 13 rings (SSSR count). The Morgan fingerprint density at radius 1 is 0.377 bits per heavy atom. The number of hydrogen-bond donors (Lipinski definition) is 0. The fourth-order valence-corrected chi connectivity index (χ4v) is 12.4. The SMILES string of the molecule is c1ccc(-c2cccc3cccc(-c4ccc(N(c5ccc(C6CC7CCC6C7)cc5)c5ccc6c(c5)C5(c7ccccc7-c7ccccc75)c5ccccc5-6)cc4)c23)cc1. The molecule has 0 saturated heterocycles. The highest BCUT2D eigenvalue weighted by Gasteiger charge is 2.51. The van der Waals surface area contributed by atoms with Crippen molar-refractivity contribution in [3.05, 3.63) is 234 Å². The molecular weight excluding hydrogens is 735 g/mol. The molecule has 61 heavy (non-hydrogen) atoms. The second-order valence-corrected chi connectivity index (χ2v) is 17.9. The van der Waals surface area contributed by atoms with E-state index in [1.807, 2.05) is 0 Å². The summed E-state index contributed by atoms with van der Waals surface area (Å²) in [6, 6.07) is 77.8. The van der Waals surface area contributed by atoms with Crippen LogP contribution < -0.4 is 4.90 Å². The van der Waals surface area contributed by atoms with Crippen molar-refractivity contribution in [2.75, 3.05) is 4.90 Å². The van der Waals surface area contributed by atoms with Crippen LogP contribution in [0, 0.1) is 11.8 Å². The van der Waals surface area contributed by atoms with Crippen molar-refractivity contribution in [1.29, 1.82) is 0 Å². The summed E-state index contributed by atoms with van der Waals surface area (Å²) >= 11 is 0. The zero-order valence-electron chi connectivity index (χ0n) is 34.1. The third-order valence-corrected chi connectivity index (χ3v) is 15.0. The van der Waals surface area contributed by atoms with E-state index in [2.05, 4.69) is 211 Å². The van der Waals surface area contributed by atoms with Gasteiger partial charge in [-0.1, -0.05) is 176 Å². The van der Waals surface area contributed by atoms with E-state index >= 15 is 0 Å². The maximum Gasteiger partial charge on any atom is 0.0726 e. The molecule has 0 aliphatic heterocycles. The minimum absolute atomic E-state index is 0.402. The van der Waals surface area contributed by atoms with Crippen LogP contribution in [-0.2, 0) is 5.41 Å². The minimum atomic E-state index is -0.402. The van der Waals surface area contributed by atoms with Gasteiger partial charge < -0.3 is 4.90 Å². The predicted octanol–water partition coefficient (Wildman–Crippen LogP) is 15.9. The Hall–Kier alpha value is -6.96. The van der Waals surface area contributed by atoms with Crippen molar-refractivity contribution in [2.45, 2.75) is 37.0 Å². The van der Waals surface area contributed by atoms with E-state index in [-0.39, 0.29) is 0 Å². The van der Waals surface area contributed by atoms with Gasteiger partial charge in [-0.25, -0.2) is 0 Å². The van der Waals surface area contributed by atoms with Gasteiger partial charge in [-0.3, -0.25) is 0 Å². The summed E-state index contributed by atoms with van der Waals surface area (Å²) in [5.74, 6) is 2.47. The van der Waals surface area contributed by atoms with E-state index in [1.54, 1.807) is 0 Å². The Labute approximate surface area is 358 Å². The van der Waals surface area contributed by atoms with Crippen LogP contribution in [0.4, 0.5) is 17.1 Å². The Balaban J connectivity index is 0.982. The number of nitrogens with zero attached hydrogens (tertiary/aromatic N) is 1. The lowest BCUT2D eigenvalue weighted by molar-refractivity contribution is 0.420. The molecule has 0 radical (unpaired) electrons. The zero-order chi connectivity index (χ0) is 40.1. The molecule has 3 atom stereocenters. The normalized spacial score (nSPS) is 18.5. The summed E-state index contributed by atoms with van der Waals surface area (Å²) in [5, 5.41) is 2.54. The van der Waals surface area contributed by atoms with E-state index in [4.69, 9.17) is 0 Å². The molecule has 0 aromatic heterocycles. The van der Waals surface area contributed by atoms with Gasteiger partial charge in [0.1, 0.15) is 0 Å². The molecule has 4 aliphatic rings. The van der Waals surface area contributed by atoms with Crippen LogP contribution in [-0.4, -0.2) is 0 Å². The lowest BCUT2D eigenvalue weighted by Gasteiger charge is -2.32. The van der Waals surface area contributed by atoms with Gasteiger partial charge in [0.05, 0.1) is 5.41 Å². The van der Waals surface area contributed by atoms with E-state index < -0.39 is 5.41 Å². The summed E-state index contributed by atoms with van der Waals surface area (Å²) in [7, 11) is 0. The number of fused-ring (bicyclic) bond motifs is 13. The molecule has 9 aromatic rings. The van der Waals surface area contributed by atoms with Crippen LogP contribution in [0.3, 0.4) is 0 Å². The molecule has 9 aromatic carbocycles. The Morgan fingerprint density at radius 2 is 0.885 bits per heavy atom. The van der Waals surface area contributed by atoms with Gasteiger partial charge in [0.15, 0.2) is 0 Å². The number of benzene rings is 9. The number of rotatable bonds is 6. The van der Waals surface area contributed by atoms with Crippen molar-refractivity contribution < 1.29 is 0 Å². The van der Waals surface area contributed by atoms with Gasteiger partial charge in [0, 0.05) is 17.1 Å². The topological polar surface area (TPSA) is 3.24 Å². The molecule has 1 heteroatoms. The molecule has 3 unspecified atom stereocenters. The highest BCUT2D eigenvalue weighted by atomic mass is 15.1. The second kappa shape index (κ2) is 13.5. The molecular formula is C60H45N.